The molecule has 0 bridgehead atoms. The molecule has 1 aliphatic rings. The number of aromatic nitrogens is 1. The molecule has 5 aromatic rings. The number of hydrogen-bond acceptors (Lipinski definition) is 9. The van der Waals surface area contributed by atoms with Gasteiger partial charge in [0, 0.05) is 33.0 Å². The topological polar surface area (TPSA) is 150 Å². The molecule has 3 atom stereocenters. The van der Waals surface area contributed by atoms with Gasteiger partial charge in [-0.2, -0.15) is 0 Å². The number of likely N-dealkylation sites (tertiary alicyclic amines) is 1. The van der Waals surface area contributed by atoms with E-state index in [1.54, 1.807) is 30.5 Å². The van der Waals surface area contributed by atoms with E-state index >= 15 is 0 Å². The second kappa shape index (κ2) is 24.1. The zero-order valence-corrected chi connectivity index (χ0v) is 39.3. The first-order valence-corrected chi connectivity index (χ1v) is 23.5. The molecule has 1 aromatic heterocycles. The third-order valence-electron chi connectivity index (χ3n) is 11.5. The van der Waals surface area contributed by atoms with Gasteiger partial charge in [0.25, 0.3) is 0 Å². The Bertz CT molecular complexity index is 2440. The van der Waals surface area contributed by atoms with Crippen molar-refractivity contribution >= 4 is 46.3 Å². The second-order valence-corrected chi connectivity index (χ2v) is 17.5. The normalized spacial score (nSPS) is 15.6. The van der Waals surface area contributed by atoms with Gasteiger partial charge in [-0.1, -0.05) is 130 Å². The Morgan fingerprint density at radius 2 is 1.58 bits per heavy atom. The number of amides is 4. The number of allylic oxidation sites excluding steroid dienone is 2. The van der Waals surface area contributed by atoms with Crippen molar-refractivity contribution in [3.8, 4) is 16.2 Å². The predicted molar refractivity (Wildman–Crippen MR) is 260 cm³/mol. The molecule has 0 aliphatic carbocycles. The van der Waals surface area contributed by atoms with Gasteiger partial charge in [-0.25, -0.2) is 9.78 Å². The molecule has 0 spiro atoms. The molecule has 2 heterocycles. The van der Waals surface area contributed by atoms with Gasteiger partial charge in [0.1, 0.15) is 31.0 Å². The molecule has 1 saturated heterocycles. The Labute approximate surface area is 392 Å². The van der Waals surface area contributed by atoms with Crippen molar-refractivity contribution in [3.63, 3.8) is 0 Å². The van der Waals surface area contributed by atoms with Crippen LogP contribution in [0.2, 0.25) is 0 Å². The minimum absolute atomic E-state index is 0.000380. The first-order chi connectivity index (χ1) is 31.9. The molecule has 1 aliphatic heterocycles. The van der Waals surface area contributed by atoms with Crippen LogP contribution in [0.15, 0.2) is 127 Å². The van der Waals surface area contributed by atoms with E-state index in [0.717, 1.165) is 39.2 Å². The van der Waals surface area contributed by atoms with Crippen LogP contribution in [-0.2, 0) is 25.7 Å². The second-order valence-electron chi connectivity index (χ2n) is 16.7. The maximum Gasteiger partial charge on any atom is 0.409 e. The monoisotopic (exact) mass is 911 g/mol. The number of rotatable bonds is 20. The zero-order valence-electron chi connectivity index (χ0n) is 38.4. The SMILES string of the molecule is CC/C(=C(\c1ccccc1)c1ccc(OCCN(C)C(=O)OC/C=C/CCC(=O)N[C@H](C(=O)N2C[C@H](O)C[C@H]2C(=O)NCc2ccc(-c3scnc3C)cc2)C(C)C)cc1)c1ccccc1. The lowest BCUT2D eigenvalue weighted by atomic mass is 9.88. The van der Waals surface area contributed by atoms with Gasteiger partial charge >= 0.3 is 6.09 Å². The summed E-state index contributed by atoms with van der Waals surface area (Å²) in [5.41, 5.74) is 10.6. The number of thiazole rings is 1. The maximum atomic E-state index is 13.8. The quantitative estimate of drug-likeness (QED) is 0.0519. The number of nitrogens with zero attached hydrogens (tertiary/aromatic N) is 3. The molecular formula is C53H61N5O7S. The summed E-state index contributed by atoms with van der Waals surface area (Å²) >= 11 is 1.57. The molecule has 4 aromatic carbocycles. The highest BCUT2D eigenvalue weighted by molar-refractivity contribution is 7.13. The van der Waals surface area contributed by atoms with Crippen LogP contribution >= 0.6 is 11.3 Å². The minimum atomic E-state index is -0.881. The van der Waals surface area contributed by atoms with E-state index in [0.29, 0.717) is 18.7 Å². The molecule has 4 amide bonds. The van der Waals surface area contributed by atoms with Gasteiger partial charge in [0.15, 0.2) is 0 Å². The van der Waals surface area contributed by atoms with Crippen LogP contribution in [0.3, 0.4) is 0 Å². The molecule has 1 fully saturated rings. The van der Waals surface area contributed by atoms with Gasteiger partial charge in [0.2, 0.25) is 17.7 Å². The number of β-amino-alcohol motifs (C(OH)–C–C–N with tert-alkyl or cyclic N) is 1. The van der Waals surface area contributed by atoms with Crippen LogP contribution in [0.4, 0.5) is 4.79 Å². The summed E-state index contributed by atoms with van der Waals surface area (Å²) in [6, 6.07) is 35.0. The van der Waals surface area contributed by atoms with Crippen molar-refractivity contribution < 1.29 is 33.8 Å². The number of aryl methyl sites for hydroxylation is 1. The summed E-state index contributed by atoms with van der Waals surface area (Å²) in [4.78, 5) is 61.1. The summed E-state index contributed by atoms with van der Waals surface area (Å²) in [6.07, 6.45) is 3.50. The van der Waals surface area contributed by atoms with Gasteiger partial charge in [-0.05, 0) is 76.8 Å². The zero-order chi connectivity index (χ0) is 47.0. The summed E-state index contributed by atoms with van der Waals surface area (Å²) in [5, 5.41) is 16.3. The molecule has 6 rings (SSSR count). The summed E-state index contributed by atoms with van der Waals surface area (Å²) in [5.74, 6) is -0.679. The molecule has 13 heteroatoms. The van der Waals surface area contributed by atoms with Gasteiger partial charge in [-0.3, -0.25) is 14.4 Å². The Morgan fingerprint density at radius 1 is 0.909 bits per heavy atom. The number of aliphatic hydroxyl groups excluding tert-OH is 1. The standard InChI is InChI=1S/C53H61N5O7S/c1-6-45(39-16-10-7-11-17-39)48(40-18-12-8-13-19-40)41-25-27-44(28-26-41)64-31-29-57(5)53(63)65-30-15-9-14-20-47(60)56-49(36(2)3)52(62)58-34-43(59)32-46(58)51(61)54-33-38-21-23-42(24-22-38)50-37(4)55-35-66-50/h7-13,15-19,21-28,35-36,43,46,49,59H,6,14,20,29-34H2,1-5H3,(H,54,61)(H,56,60)/b15-9+,48-45-/t43-,46+,49+/m1/s1. The number of carbonyl (C=O) groups excluding carboxylic acids is 4. The molecule has 0 saturated carbocycles. The summed E-state index contributed by atoms with van der Waals surface area (Å²) < 4.78 is 11.4. The van der Waals surface area contributed by atoms with Crippen molar-refractivity contribution in [2.75, 3.05) is 33.4 Å². The van der Waals surface area contributed by atoms with Gasteiger partial charge in [-0.15, -0.1) is 11.3 Å². The lowest BCUT2D eigenvalue weighted by molar-refractivity contribution is -0.142. The van der Waals surface area contributed by atoms with Crippen LogP contribution in [0.5, 0.6) is 5.75 Å². The largest absolute Gasteiger partial charge is 0.492 e. The Balaban J connectivity index is 0.905. The first kappa shape index (κ1) is 48.9. The molecular weight excluding hydrogens is 851 g/mol. The average Bonchev–Trinajstić information content (AvgIpc) is 3.95. The lowest BCUT2D eigenvalue weighted by Crippen LogP contribution is -2.55. The Kier molecular flexibility index (Phi) is 17.8. The van der Waals surface area contributed by atoms with Crippen LogP contribution < -0.4 is 15.4 Å². The smallest absolute Gasteiger partial charge is 0.409 e. The van der Waals surface area contributed by atoms with Crippen molar-refractivity contribution in [2.24, 2.45) is 5.92 Å². The molecule has 0 radical (unpaired) electrons. The number of benzene rings is 4. The molecule has 66 heavy (non-hydrogen) atoms. The van der Waals surface area contributed by atoms with E-state index in [1.807, 2.05) is 74.8 Å². The van der Waals surface area contributed by atoms with Crippen LogP contribution in [0.1, 0.15) is 74.4 Å². The Hall–Kier alpha value is -6.57. The number of likely N-dealkylation sites (N-methyl/N-ethyl adjacent to an activating group) is 1. The fourth-order valence-electron chi connectivity index (χ4n) is 7.93. The number of ether oxygens (including phenoxy) is 2. The molecule has 3 N–H and O–H groups in total. The number of hydrogen-bond donors (Lipinski definition) is 3. The van der Waals surface area contributed by atoms with Crippen LogP contribution in [0.25, 0.3) is 21.6 Å². The first-order valence-electron chi connectivity index (χ1n) is 22.6. The third-order valence-corrected chi connectivity index (χ3v) is 12.5. The number of nitrogens with one attached hydrogen (secondary N) is 2. The average molecular weight is 912 g/mol. The van der Waals surface area contributed by atoms with Crippen molar-refractivity contribution in [2.45, 2.75) is 78.1 Å². The van der Waals surface area contributed by atoms with E-state index in [2.05, 4.69) is 83.2 Å². The number of carbonyl (C=O) groups is 4. The van der Waals surface area contributed by atoms with Gasteiger partial charge < -0.3 is 35.0 Å². The number of aliphatic hydroxyl groups is 1. The minimum Gasteiger partial charge on any atom is -0.492 e. The van der Waals surface area contributed by atoms with Crippen LogP contribution in [0, 0.1) is 12.8 Å². The van der Waals surface area contributed by atoms with E-state index in [1.165, 1.54) is 26.5 Å². The Morgan fingerprint density at radius 3 is 2.21 bits per heavy atom. The summed E-state index contributed by atoms with van der Waals surface area (Å²) in [7, 11) is 1.64. The van der Waals surface area contributed by atoms with Gasteiger partial charge in [0.05, 0.1) is 28.7 Å². The van der Waals surface area contributed by atoms with Crippen molar-refractivity contribution in [3.05, 3.63) is 155 Å². The lowest BCUT2D eigenvalue weighted by Gasteiger charge is -2.30. The fraction of sp³-hybridized carbons (Fsp3) is 0.340. The van der Waals surface area contributed by atoms with E-state index < -0.39 is 30.2 Å². The molecule has 0 unspecified atom stereocenters. The third kappa shape index (κ3) is 13.3. The molecule has 346 valence electrons. The summed E-state index contributed by atoms with van der Waals surface area (Å²) in [6.45, 7) is 8.67. The van der Waals surface area contributed by atoms with Crippen molar-refractivity contribution in [1.82, 2.24) is 25.4 Å². The van der Waals surface area contributed by atoms with E-state index in [-0.39, 0.29) is 56.9 Å². The van der Waals surface area contributed by atoms with E-state index in [4.69, 9.17) is 9.47 Å². The highest BCUT2D eigenvalue weighted by Crippen LogP contribution is 2.35. The predicted octanol–water partition coefficient (Wildman–Crippen LogP) is 8.69. The highest BCUT2D eigenvalue weighted by atomic mass is 32.1. The van der Waals surface area contributed by atoms with E-state index in [9.17, 15) is 24.3 Å². The van der Waals surface area contributed by atoms with Crippen molar-refractivity contribution in [1.29, 1.82) is 0 Å². The fourth-order valence-corrected chi connectivity index (χ4v) is 8.74. The molecule has 12 nitrogen and oxygen atoms in total. The highest BCUT2D eigenvalue weighted by Gasteiger charge is 2.42. The van der Waals surface area contributed by atoms with Crippen LogP contribution in [-0.4, -0.2) is 95.2 Å². The maximum absolute atomic E-state index is 13.8.